The normalized spacial score (nSPS) is 12.2. The monoisotopic (exact) mass is 372 g/mol. The molecule has 0 amide bonds. The Bertz CT molecular complexity index is 657. The molecule has 0 spiro atoms. The standard InChI is InChI=1S/C21H32N4O2/c1-2-3-4-5-6-7-8-9-10-14-17-19(21(26)27)25-20(22-23-24-25)18-15-12-11-13-16-18/h11-13,15-16,19H,2-10,14,17H2,1H3,(H,26,27). The summed E-state index contributed by atoms with van der Waals surface area (Å²) >= 11 is 0. The van der Waals surface area contributed by atoms with Crippen LogP contribution in [-0.2, 0) is 4.79 Å². The van der Waals surface area contributed by atoms with Crippen LogP contribution < -0.4 is 0 Å². The second-order valence-corrected chi connectivity index (χ2v) is 7.14. The summed E-state index contributed by atoms with van der Waals surface area (Å²) in [6.07, 6.45) is 12.8. The van der Waals surface area contributed by atoms with Crippen molar-refractivity contribution >= 4 is 5.97 Å². The number of carbonyl (C=O) groups is 1. The Morgan fingerprint density at radius 2 is 1.56 bits per heavy atom. The first-order valence-corrected chi connectivity index (χ1v) is 10.3. The van der Waals surface area contributed by atoms with Crippen LogP contribution in [0.2, 0.25) is 0 Å². The van der Waals surface area contributed by atoms with E-state index < -0.39 is 12.0 Å². The molecule has 0 aliphatic heterocycles. The van der Waals surface area contributed by atoms with Crippen LogP contribution in [-0.4, -0.2) is 31.3 Å². The third-order valence-corrected chi connectivity index (χ3v) is 4.94. The minimum absolute atomic E-state index is 0.509. The van der Waals surface area contributed by atoms with Gasteiger partial charge in [0.05, 0.1) is 0 Å². The lowest BCUT2D eigenvalue weighted by atomic mass is 10.0. The Morgan fingerprint density at radius 3 is 2.15 bits per heavy atom. The van der Waals surface area contributed by atoms with E-state index in [4.69, 9.17) is 0 Å². The van der Waals surface area contributed by atoms with E-state index >= 15 is 0 Å². The van der Waals surface area contributed by atoms with Crippen molar-refractivity contribution in [1.29, 1.82) is 0 Å². The highest BCUT2D eigenvalue weighted by Crippen LogP contribution is 2.23. The maximum absolute atomic E-state index is 11.8. The number of tetrazole rings is 1. The van der Waals surface area contributed by atoms with Crippen LogP contribution in [0.4, 0.5) is 0 Å². The fourth-order valence-electron chi connectivity index (χ4n) is 3.36. The quantitative estimate of drug-likeness (QED) is 0.456. The van der Waals surface area contributed by atoms with E-state index in [1.165, 1.54) is 56.0 Å². The Hall–Kier alpha value is -2.24. The van der Waals surface area contributed by atoms with Crippen molar-refractivity contribution in [3.63, 3.8) is 0 Å². The molecule has 0 bridgehead atoms. The molecule has 0 saturated heterocycles. The predicted octanol–water partition coefficient (Wildman–Crippen LogP) is 5.28. The number of hydrogen-bond acceptors (Lipinski definition) is 4. The van der Waals surface area contributed by atoms with Crippen LogP contribution in [0.25, 0.3) is 11.4 Å². The van der Waals surface area contributed by atoms with E-state index in [9.17, 15) is 9.90 Å². The summed E-state index contributed by atoms with van der Waals surface area (Å²) in [5.41, 5.74) is 0.830. The highest BCUT2D eigenvalue weighted by molar-refractivity contribution is 5.72. The van der Waals surface area contributed by atoms with Crippen LogP contribution in [0, 0.1) is 0 Å². The Labute approximate surface area is 162 Å². The average Bonchev–Trinajstić information content (AvgIpc) is 3.16. The molecular weight excluding hydrogens is 340 g/mol. The van der Waals surface area contributed by atoms with Gasteiger partial charge in [-0.05, 0) is 16.8 Å². The summed E-state index contributed by atoms with van der Waals surface area (Å²) in [6, 6.07) is 8.77. The van der Waals surface area contributed by atoms with E-state index in [2.05, 4.69) is 22.4 Å². The van der Waals surface area contributed by atoms with Crippen LogP contribution in [0.15, 0.2) is 30.3 Å². The number of rotatable bonds is 14. The van der Waals surface area contributed by atoms with Crippen LogP contribution in [0.1, 0.15) is 83.6 Å². The summed E-state index contributed by atoms with van der Waals surface area (Å²) < 4.78 is 1.45. The molecule has 1 heterocycles. The van der Waals surface area contributed by atoms with E-state index in [0.717, 1.165) is 18.4 Å². The van der Waals surface area contributed by atoms with Crippen molar-refractivity contribution in [2.24, 2.45) is 0 Å². The lowest BCUT2D eigenvalue weighted by Crippen LogP contribution is -2.21. The molecule has 1 N–H and O–H groups in total. The molecule has 27 heavy (non-hydrogen) atoms. The molecule has 1 atom stereocenters. The largest absolute Gasteiger partial charge is 0.480 e. The van der Waals surface area contributed by atoms with Gasteiger partial charge in [0.15, 0.2) is 11.9 Å². The van der Waals surface area contributed by atoms with Gasteiger partial charge in [-0.1, -0.05) is 101 Å². The topological polar surface area (TPSA) is 80.9 Å². The van der Waals surface area contributed by atoms with Gasteiger partial charge in [0.25, 0.3) is 0 Å². The van der Waals surface area contributed by atoms with Crippen LogP contribution >= 0.6 is 0 Å². The maximum atomic E-state index is 11.8. The zero-order valence-corrected chi connectivity index (χ0v) is 16.4. The number of aromatic nitrogens is 4. The minimum atomic E-state index is -0.879. The molecule has 2 rings (SSSR count). The van der Waals surface area contributed by atoms with Gasteiger partial charge in [0.1, 0.15) is 0 Å². The van der Waals surface area contributed by atoms with Gasteiger partial charge in [-0.3, -0.25) is 0 Å². The predicted molar refractivity (Wildman–Crippen MR) is 106 cm³/mol. The van der Waals surface area contributed by atoms with E-state index in [1.54, 1.807) is 0 Å². The molecule has 6 heteroatoms. The lowest BCUT2D eigenvalue weighted by molar-refractivity contribution is -0.141. The number of carboxylic acid groups (broad SMARTS) is 1. The first-order chi connectivity index (χ1) is 13.2. The molecule has 0 aliphatic carbocycles. The molecule has 0 radical (unpaired) electrons. The minimum Gasteiger partial charge on any atom is -0.480 e. The number of hydrogen-bond donors (Lipinski definition) is 1. The van der Waals surface area contributed by atoms with Crippen molar-refractivity contribution in [2.75, 3.05) is 0 Å². The molecule has 1 aromatic carbocycles. The molecule has 148 valence electrons. The van der Waals surface area contributed by atoms with Gasteiger partial charge in [-0.15, -0.1) is 5.10 Å². The van der Waals surface area contributed by atoms with Gasteiger partial charge in [-0.25, -0.2) is 9.48 Å². The fourth-order valence-corrected chi connectivity index (χ4v) is 3.36. The van der Waals surface area contributed by atoms with E-state index in [0.29, 0.717) is 12.2 Å². The molecule has 0 fully saturated rings. The summed E-state index contributed by atoms with van der Waals surface area (Å²) in [5, 5.41) is 21.3. The zero-order chi connectivity index (χ0) is 19.3. The summed E-state index contributed by atoms with van der Waals surface area (Å²) in [4.78, 5) is 11.8. The van der Waals surface area contributed by atoms with Gasteiger partial charge in [-0.2, -0.15) is 0 Å². The highest BCUT2D eigenvalue weighted by atomic mass is 16.4. The van der Waals surface area contributed by atoms with Crippen molar-refractivity contribution in [1.82, 2.24) is 20.2 Å². The maximum Gasteiger partial charge on any atom is 0.328 e. The summed E-state index contributed by atoms with van der Waals surface area (Å²) in [7, 11) is 0. The number of aliphatic carboxylic acids is 1. The van der Waals surface area contributed by atoms with Gasteiger partial charge < -0.3 is 5.11 Å². The Morgan fingerprint density at radius 1 is 0.963 bits per heavy atom. The first kappa shape index (κ1) is 21.1. The van der Waals surface area contributed by atoms with Gasteiger partial charge >= 0.3 is 5.97 Å². The molecular formula is C21H32N4O2. The number of benzene rings is 1. The van der Waals surface area contributed by atoms with E-state index in [1.807, 2.05) is 30.3 Å². The van der Waals surface area contributed by atoms with Gasteiger partial charge in [0, 0.05) is 5.56 Å². The van der Waals surface area contributed by atoms with Crippen molar-refractivity contribution in [3.8, 4) is 11.4 Å². The van der Waals surface area contributed by atoms with Crippen molar-refractivity contribution in [3.05, 3.63) is 30.3 Å². The molecule has 2 aromatic rings. The second kappa shape index (κ2) is 12.2. The smallest absolute Gasteiger partial charge is 0.328 e. The molecule has 0 aliphatic rings. The van der Waals surface area contributed by atoms with Crippen LogP contribution in [0.3, 0.4) is 0 Å². The number of nitrogens with zero attached hydrogens (tertiary/aromatic N) is 4. The number of unbranched alkanes of at least 4 members (excludes halogenated alkanes) is 9. The molecule has 1 unspecified atom stereocenters. The third-order valence-electron chi connectivity index (χ3n) is 4.94. The molecule has 1 aromatic heterocycles. The fraction of sp³-hybridized carbons (Fsp3) is 0.619. The lowest BCUT2D eigenvalue weighted by Gasteiger charge is -2.14. The molecule has 0 saturated carbocycles. The summed E-state index contributed by atoms with van der Waals surface area (Å²) in [6.45, 7) is 2.24. The Balaban J connectivity index is 1.76. The Kier molecular flexibility index (Phi) is 9.52. The van der Waals surface area contributed by atoms with Crippen molar-refractivity contribution in [2.45, 2.75) is 83.6 Å². The zero-order valence-electron chi connectivity index (χ0n) is 16.4. The van der Waals surface area contributed by atoms with Crippen LogP contribution in [0.5, 0.6) is 0 Å². The van der Waals surface area contributed by atoms with Gasteiger partial charge in [0.2, 0.25) is 0 Å². The SMILES string of the molecule is CCCCCCCCCCCCC(C(=O)O)n1nnnc1-c1ccccc1. The summed E-state index contributed by atoms with van der Waals surface area (Å²) in [5.74, 6) is -0.370. The van der Waals surface area contributed by atoms with E-state index in [-0.39, 0.29) is 0 Å². The number of carboxylic acids is 1. The molecule has 6 nitrogen and oxygen atoms in total. The van der Waals surface area contributed by atoms with Crippen molar-refractivity contribution < 1.29 is 9.90 Å². The third kappa shape index (κ3) is 7.12. The first-order valence-electron chi connectivity index (χ1n) is 10.3. The average molecular weight is 373 g/mol. The second-order valence-electron chi connectivity index (χ2n) is 7.14. The highest BCUT2D eigenvalue weighted by Gasteiger charge is 2.24.